The molecule has 1 aromatic heterocycles. The first-order valence-corrected chi connectivity index (χ1v) is 11.4. The topological polar surface area (TPSA) is 44.6 Å². The average Bonchev–Trinajstić information content (AvgIpc) is 3.08. The summed E-state index contributed by atoms with van der Waals surface area (Å²) >= 11 is 0. The molecule has 1 unspecified atom stereocenters. The number of carbonyl (C=O) groups is 1. The Morgan fingerprint density at radius 1 is 1.00 bits per heavy atom. The number of rotatable bonds is 5. The number of piperazine rings is 1. The van der Waals surface area contributed by atoms with Crippen molar-refractivity contribution in [2.24, 2.45) is 0 Å². The molecule has 6 nitrogen and oxygen atoms in total. The lowest BCUT2D eigenvalue weighted by Crippen LogP contribution is -2.51. The SMILES string of the molecule is Cc1cc(C)n(-c2ccc(CN3CCN(CC(=O)N4CCCCC4C)CC3)cc2)n1. The highest BCUT2D eigenvalue weighted by Crippen LogP contribution is 2.18. The van der Waals surface area contributed by atoms with Gasteiger partial charge in [0.2, 0.25) is 5.91 Å². The lowest BCUT2D eigenvalue weighted by Gasteiger charge is -2.38. The molecule has 30 heavy (non-hydrogen) atoms. The number of piperidine rings is 1. The van der Waals surface area contributed by atoms with E-state index in [1.165, 1.54) is 12.0 Å². The fraction of sp³-hybridized carbons (Fsp3) is 0.583. The van der Waals surface area contributed by atoms with Crippen LogP contribution in [0.25, 0.3) is 5.69 Å². The molecule has 2 aliphatic rings. The van der Waals surface area contributed by atoms with Gasteiger partial charge < -0.3 is 4.90 Å². The largest absolute Gasteiger partial charge is 0.339 e. The third-order valence-electron chi connectivity index (χ3n) is 6.54. The molecular formula is C24H35N5O. The zero-order chi connectivity index (χ0) is 21.1. The Balaban J connectivity index is 1.25. The Morgan fingerprint density at radius 3 is 2.33 bits per heavy atom. The molecule has 2 aliphatic heterocycles. The summed E-state index contributed by atoms with van der Waals surface area (Å²) < 4.78 is 2.00. The van der Waals surface area contributed by atoms with Gasteiger partial charge in [0.05, 0.1) is 17.9 Å². The van der Waals surface area contributed by atoms with Gasteiger partial charge in [-0.3, -0.25) is 14.6 Å². The normalized spacial score (nSPS) is 21.2. The molecule has 2 aromatic rings. The molecule has 4 rings (SSSR count). The molecule has 0 N–H and O–H groups in total. The molecule has 3 heterocycles. The van der Waals surface area contributed by atoms with E-state index >= 15 is 0 Å². The van der Waals surface area contributed by atoms with Crippen LogP contribution in [0.5, 0.6) is 0 Å². The standard InChI is InChI=1S/C24H35N5O/c1-19-16-21(3)29(25-19)23-9-7-22(8-10-23)17-26-12-14-27(15-13-26)18-24(30)28-11-5-4-6-20(28)2/h7-10,16,20H,4-6,11-15,17-18H2,1-3H3. The molecule has 1 aromatic carbocycles. The lowest BCUT2D eigenvalue weighted by atomic mass is 10.0. The fourth-order valence-corrected chi connectivity index (χ4v) is 4.75. The van der Waals surface area contributed by atoms with E-state index in [0.29, 0.717) is 18.5 Å². The number of carbonyl (C=O) groups excluding carboxylic acids is 1. The molecule has 0 saturated carbocycles. The molecule has 1 atom stereocenters. The summed E-state index contributed by atoms with van der Waals surface area (Å²) in [7, 11) is 0. The van der Waals surface area contributed by atoms with Crippen LogP contribution in [0.3, 0.4) is 0 Å². The Hall–Kier alpha value is -2.18. The minimum Gasteiger partial charge on any atom is -0.339 e. The van der Waals surface area contributed by atoms with Crippen LogP contribution in [0.15, 0.2) is 30.3 Å². The molecule has 0 spiro atoms. The first-order chi connectivity index (χ1) is 14.5. The molecule has 6 heteroatoms. The summed E-state index contributed by atoms with van der Waals surface area (Å²) in [5, 5.41) is 4.57. The van der Waals surface area contributed by atoms with Gasteiger partial charge in [-0.1, -0.05) is 12.1 Å². The number of likely N-dealkylation sites (tertiary alicyclic amines) is 1. The second kappa shape index (κ2) is 9.31. The van der Waals surface area contributed by atoms with Crippen molar-refractivity contribution < 1.29 is 4.79 Å². The number of benzene rings is 1. The molecule has 162 valence electrons. The summed E-state index contributed by atoms with van der Waals surface area (Å²) in [5.74, 6) is 0.315. The Kier molecular flexibility index (Phi) is 6.54. The van der Waals surface area contributed by atoms with E-state index in [4.69, 9.17) is 0 Å². The van der Waals surface area contributed by atoms with Gasteiger partial charge in [0.15, 0.2) is 0 Å². The highest BCUT2D eigenvalue weighted by molar-refractivity contribution is 5.78. The van der Waals surface area contributed by atoms with E-state index < -0.39 is 0 Å². The van der Waals surface area contributed by atoms with Crippen molar-refractivity contribution in [1.29, 1.82) is 0 Å². The Labute approximate surface area is 180 Å². The molecule has 2 fully saturated rings. The van der Waals surface area contributed by atoms with E-state index in [-0.39, 0.29) is 0 Å². The minimum absolute atomic E-state index is 0.315. The second-order valence-electron chi connectivity index (χ2n) is 8.99. The minimum atomic E-state index is 0.315. The van der Waals surface area contributed by atoms with Gasteiger partial charge in [-0.25, -0.2) is 4.68 Å². The Bertz CT molecular complexity index is 851. The number of aryl methyl sites for hydroxylation is 2. The fourth-order valence-electron chi connectivity index (χ4n) is 4.75. The van der Waals surface area contributed by atoms with Gasteiger partial charge in [-0.2, -0.15) is 5.10 Å². The van der Waals surface area contributed by atoms with Crippen molar-refractivity contribution in [3.8, 4) is 5.69 Å². The average molecular weight is 410 g/mol. The van der Waals surface area contributed by atoms with E-state index in [1.807, 2.05) is 11.6 Å². The van der Waals surface area contributed by atoms with Crippen molar-refractivity contribution in [3.05, 3.63) is 47.3 Å². The second-order valence-corrected chi connectivity index (χ2v) is 8.99. The van der Waals surface area contributed by atoms with Crippen LogP contribution < -0.4 is 0 Å². The predicted molar refractivity (Wildman–Crippen MR) is 120 cm³/mol. The number of amides is 1. The van der Waals surface area contributed by atoms with E-state index in [9.17, 15) is 4.79 Å². The molecule has 2 saturated heterocycles. The van der Waals surface area contributed by atoms with Crippen molar-refractivity contribution in [2.45, 2.75) is 52.6 Å². The maximum Gasteiger partial charge on any atom is 0.236 e. The zero-order valence-corrected chi connectivity index (χ0v) is 18.7. The van der Waals surface area contributed by atoms with E-state index in [2.05, 4.69) is 64.0 Å². The smallest absolute Gasteiger partial charge is 0.236 e. The summed E-state index contributed by atoms with van der Waals surface area (Å²) in [6.45, 7) is 12.8. The van der Waals surface area contributed by atoms with Crippen LogP contribution in [0.4, 0.5) is 0 Å². The molecule has 1 amide bonds. The number of hydrogen-bond donors (Lipinski definition) is 0. The number of nitrogens with zero attached hydrogens (tertiary/aromatic N) is 5. The van der Waals surface area contributed by atoms with Gasteiger partial charge >= 0.3 is 0 Å². The van der Waals surface area contributed by atoms with Crippen LogP contribution in [-0.2, 0) is 11.3 Å². The summed E-state index contributed by atoms with van der Waals surface area (Å²) in [5.41, 5.74) is 4.64. The quantitative estimate of drug-likeness (QED) is 0.762. The van der Waals surface area contributed by atoms with Crippen molar-refractivity contribution in [3.63, 3.8) is 0 Å². The maximum absolute atomic E-state index is 12.7. The lowest BCUT2D eigenvalue weighted by molar-refractivity contribution is -0.136. The van der Waals surface area contributed by atoms with Crippen LogP contribution in [0.1, 0.15) is 43.1 Å². The van der Waals surface area contributed by atoms with Gasteiger partial charge in [0.25, 0.3) is 0 Å². The number of hydrogen-bond acceptors (Lipinski definition) is 4. The highest BCUT2D eigenvalue weighted by atomic mass is 16.2. The van der Waals surface area contributed by atoms with Gasteiger partial charge in [-0.15, -0.1) is 0 Å². The molecule has 0 aliphatic carbocycles. The van der Waals surface area contributed by atoms with Crippen molar-refractivity contribution >= 4 is 5.91 Å². The van der Waals surface area contributed by atoms with Crippen LogP contribution in [0, 0.1) is 13.8 Å². The molecular weight excluding hydrogens is 374 g/mol. The monoisotopic (exact) mass is 409 g/mol. The van der Waals surface area contributed by atoms with Gasteiger partial charge in [0, 0.05) is 51.0 Å². The summed E-state index contributed by atoms with van der Waals surface area (Å²) in [6, 6.07) is 11.2. The summed E-state index contributed by atoms with van der Waals surface area (Å²) in [4.78, 5) is 19.6. The first kappa shape index (κ1) is 21.1. The predicted octanol–water partition coefficient (Wildman–Crippen LogP) is 3.01. The van der Waals surface area contributed by atoms with Crippen LogP contribution >= 0.6 is 0 Å². The van der Waals surface area contributed by atoms with Crippen molar-refractivity contribution in [1.82, 2.24) is 24.5 Å². The summed E-state index contributed by atoms with van der Waals surface area (Å²) in [6.07, 6.45) is 3.56. The molecule has 0 radical (unpaired) electrons. The molecule has 0 bridgehead atoms. The van der Waals surface area contributed by atoms with Crippen molar-refractivity contribution in [2.75, 3.05) is 39.3 Å². The maximum atomic E-state index is 12.7. The van der Waals surface area contributed by atoms with Gasteiger partial charge in [-0.05, 0) is 63.8 Å². The van der Waals surface area contributed by atoms with E-state index in [0.717, 1.165) is 69.2 Å². The highest BCUT2D eigenvalue weighted by Gasteiger charge is 2.26. The van der Waals surface area contributed by atoms with Gasteiger partial charge in [0.1, 0.15) is 0 Å². The Morgan fingerprint density at radius 2 is 1.70 bits per heavy atom. The third kappa shape index (κ3) is 4.93. The van der Waals surface area contributed by atoms with Crippen LogP contribution in [0.2, 0.25) is 0 Å². The van der Waals surface area contributed by atoms with Crippen LogP contribution in [-0.4, -0.2) is 75.7 Å². The zero-order valence-electron chi connectivity index (χ0n) is 18.7. The van der Waals surface area contributed by atoms with E-state index in [1.54, 1.807) is 0 Å². The number of aromatic nitrogens is 2. The third-order valence-corrected chi connectivity index (χ3v) is 6.54. The first-order valence-electron chi connectivity index (χ1n) is 11.4.